The van der Waals surface area contributed by atoms with Crippen molar-refractivity contribution < 1.29 is 13.2 Å². The Morgan fingerprint density at radius 2 is 2.21 bits per heavy atom. The minimum Gasteiger partial charge on any atom is -0.296 e. The summed E-state index contributed by atoms with van der Waals surface area (Å²) in [5.74, 6) is -0.145. The number of aromatic nitrogens is 1. The van der Waals surface area contributed by atoms with Gasteiger partial charge in [-0.2, -0.15) is 0 Å². The Kier molecular flexibility index (Phi) is 3.80. The summed E-state index contributed by atoms with van der Waals surface area (Å²) < 4.78 is 22.1. The van der Waals surface area contributed by atoms with E-state index >= 15 is 0 Å². The molecule has 6 nitrogen and oxygen atoms in total. The van der Waals surface area contributed by atoms with Crippen molar-refractivity contribution in [3.63, 3.8) is 0 Å². The largest absolute Gasteiger partial charge is 0.296 e. The van der Waals surface area contributed by atoms with Gasteiger partial charge in [-0.1, -0.05) is 11.6 Å². The third-order valence-corrected chi connectivity index (χ3v) is 4.29. The molecule has 1 aliphatic heterocycles. The lowest BCUT2D eigenvalue weighted by Crippen LogP contribution is -2.28. The molecule has 1 atom stereocenters. The molecule has 1 aromatic heterocycles. The second kappa shape index (κ2) is 5.07. The first-order chi connectivity index (χ1) is 8.76. The van der Waals surface area contributed by atoms with Crippen LogP contribution in [0.4, 0.5) is 5.82 Å². The quantitative estimate of drug-likeness (QED) is 0.888. The lowest BCUT2D eigenvalue weighted by atomic mass is 10.1. The number of hydrogen-bond acceptors (Lipinski definition) is 4. The van der Waals surface area contributed by atoms with E-state index in [9.17, 15) is 13.2 Å². The summed E-state index contributed by atoms with van der Waals surface area (Å²) in [7, 11) is -3.57. The summed E-state index contributed by atoms with van der Waals surface area (Å²) in [4.78, 5) is 17.6. The van der Waals surface area contributed by atoms with Gasteiger partial charge in [0.1, 0.15) is 5.82 Å². The van der Waals surface area contributed by atoms with Gasteiger partial charge in [0.25, 0.3) is 0 Å². The molecule has 104 valence electrons. The number of rotatable bonds is 3. The normalized spacial score (nSPS) is 20.1. The fraction of sp³-hybridized carbons (Fsp3) is 0.455. The van der Waals surface area contributed by atoms with Crippen LogP contribution in [0.1, 0.15) is 12.1 Å². The zero-order valence-corrected chi connectivity index (χ0v) is 11.9. The number of halogens is 1. The zero-order valence-electron chi connectivity index (χ0n) is 10.3. The standard InChI is InChI=1S/C11H14ClN3O3S/c1-7-9(12)2-3-10(14-7)15-5-8(4-11(15)16)6-19(13,17)18/h2-3,8H,4-6H2,1H3,(H2,13,17,18). The summed E-state index contributed by atoms with van der Waals surface area (Å²) in [6, 6.07) is 3.31. The second-order valence-electron chi connectivity index (χ2n) is 4.64. The second-order valence-corrected chi connectivity index (χ2v) is 6.71. The number of carbonyl (C=O) groups is 1. The van der Waals surface area contributed by atoms with Crippen LogP contribution in [-0.2, 0) is 14.8 Å². The van der Waals surface area contributed by atoms with Crippen molar-refractivity contribution in [1.29, 1.82) is 0 Å². The van der Waals surface area contributed by atoms with E-state index in [1.165, 1.54) is 4.90 Å². The van der Waals surface area contributed by atoms with Crippen molar-refractivity contribution in [2.75, 3.05) is 17.2 Å². The molecule has 1 unspecified atom stereocenters. The summed E-state index contributed by atoms with van der Waals surface area (Å²) in [5, 5.41) is 5.52. The first kappa shape index (κ1) is 14.2. The van der Waals surface area contributed by atoms with Gasteiger partial charge >= 0.3 is 0 Å². The van der Waals surface area contributed by atoms with E-state index in [1.807, 2.05) is 0 Å². The van der Waals surface area contributed by atoms with Gasteiger partial charge in [0.05, 0.1) is 16.5 Å². The highest BCUT2D eigenvalue weighted by Crippen LogP contribution is 2.26. The van der Waals surface area contributed by atoms with E-state index < -0.39 is 10.0 Å². The molecule has 1 amide bonds. The Balaban J connectivity index is 2.18. The number of nitrogens with two attached hydrogens (primary N) is 1. The van der Waals surface area contributed by atoms with Crippen molar-refractivity contribution in [2.24, 2.45) is 11.1 Å². The van der Waals surface area contributed by atoms with Crippen LogP contribution in [-0.4, -0.2) is 31.6 Å². The van der Waals surface area contributed by atoms with Crippen LogP contribution in [0.25, 0.3) is 0 Å². The molecule has 0 aliphatic carbocycles. The van der Waals surface area contributed by atoms with Gasteiger partial charge in [0.15, 0.2) is 0 Å². The molecule has 0 radical (unpaired) electrons. The number of amides is 1. The van der Waals surface area contributed by atoms with Gasteiger partial charge in [-0.3, -0.25) is 9.69 Å². The van der Waals surface area contributed by atoms with Crippen molar-refractivity contribution in [2.45, 2.75) is 13.3 Å². The maximum atomic E-state index is 11.9. The summed E-state index contributed by atoms with van der Waals surface area (Å²) in [6.45, 7) is 2.05. The van der Waals surface area contributed by atoms with Gasteiger partial charge in [-0.25, -0.2) is 18.5 Å². The minimum atomic E-state index is -3.57. The summed E-state index contributed by atoms with van der Waals surface area (Å²) in [6.07, 6.45) is 0.166. The molecule has 2 rings (SSSR count). The highest BCUT2D eigenvalue weighted by molar-refractivity contribution is 7.89. The van der Waals surface area contributed by atoms with Crippen LogP contribution in [0, 0.1) is 12.8 Å². The van der Waals surface area contributed by atoms with Crippen LogP contribution < -0.4 is 10.0 Å². The molecule has 8 heteroatoms. The maximum Gasteiger partial charge on any atom is 0.228 e. The molecule has 2 N–H and O–H groups in total. The average Bonchev–Trinajstić information content (AvgIpc) is 2.61. The first-order valence-electron chi connectivity index (χ1n) is 5.70. The molecular weight excluding hydrogens is 290 g/mol. The van der Waals surface area contributed by atoms with Gasteiger partial charge in [0, 0.05) is 18.9 Å². The smallest absolute Gasteiger partial charge is 0.228 e. The van der Waals surface area contributed by atoms with Crippen LogP contribution in [0.3, 0.4) is 0 Å². The molecular formula is C11H14ClN3O3S. The number of sulfonamides is 1. The Hall–Kier alpha value is -1.18. The van der Waals surface area contributed by atoms with E-state index in [1.54, 1.807) is 19.1 Å². The summed E-state index contributed by atoms with van der Waals surface area (Å²) >= 11 is 5.88. The molecule has 0 aromatic carbocycles. The molecule has 0 saturated carbocycles. The number of primary sulfonamides is 1. The molecule has 2 heterocycles. The average molecular weight is 304 g/mol. The molecule has 1 aromatic rings. The third kappa shape index (κ3) is 3.43. The Morgan fingerprint density at radius 1 is 1.53 bits per heavy atom. The van der Waals surface area contributed by atoms with Crippen molar-refractivity contribution >= 4 is 33.3 Å². The number of carbonyl (C=O) groups excluding carboxylic acids is 1. The molecule has 1 fully saturated rings. The van der Waals surface area contributed by atoms with E-state index in [-0.39, 0.29) is 24.0 Å². The first-order valence-corrected chi connectivity index (χ1v) is 7.79. The van der Waals surface area contributed by atoms with Crippen molar-refractivity contribution in [1.82, 2.24) is 4.98 Å². The van der Waals surface area contributed by atoms with Crippen molar-refractivity contribution in [3.8, 4) is 0 Å². The highest BCUT2D eigenvalue weighted by Gasteiger charge is 2.33. The van der Waals surface area contributed by atoms with Crippen LogP contribution >= 0.6 is 11.6 Å². The fourth-order valence-corrected chi connectivity index (χ4v) is 3.11. The van der Waals surface area contributed by atoms with Gasteiger partial charge in [-0.15, -0.1) is 0 Å². The monoisotopic (exact) mass is 303 g/mol. The maximum absolute atomic E-state index is 11.9. The fourth-order valence-electron chi connectivity index (χ4n) is 2.12. The Morgan fingerprint density at radius 3 is 2.79 bits per heavy atom. The van der Waals surface area contributed by atoms with Crippen LogP contribution in [0.2, 0.25) is 5.02 Å². The topological polar surface area (TPSA) is 93.4 Å². The number of nitrogens with zero attached hydrogens (tertiary/aromatic N) is 2. The van der Waals surface area contributed by atoms with Crippen LogP contribution in [0.15, 0.2) is 12.1 Å². The number of anilines is 1. The molecule has 19 heavy (non-hydrogen) atoms. The minimum absolute atomic E-state index is 0.150. The number of pyridine rings is 1. The van der Waals surface area contributed by atoms with Gasteiger partial charge in [0.2, 0.25) is 15.9 Å². The van der Waals surface area contributed by atoms with E-state index in [0.717, 1.165) is 0 Å². The molecule has 0 bridgehead atoms. The SMILES string of the molecule is Cc1nc(N2CC(CS(N)(=O)=O)CC2=O)ccc1Cl. The predicted octanol–water partition coefficient (Wildman–Crippen LogP) is 0.685. The van der Waals surface area contributed by atoms with E-state index in [0.29, 0.717) is 23.1 Å². The Labute approximate surface area is 116 Å². The number of hydrogen-bond donors (Lipinski definition) is 1. The molecule has 1 saturated heterocycles. The van der Waals surface area contributed by atoms with Crippen LogP contribution in [0.5, 0.6) is 0 Å². The van der Waals surface area contributed by atoms with E-state index in [2.05, 4.69) is 4.98 Å². The predicted molar refractivity (Wildman–Crippen MR) is 72.4 cm³/mol. The van der Waals surface area contributed by atoms with Crippen molar-refractivity contribution in [3.05, 3.63) is 22.8 Å². The third-order valence-electron chi connectivity index (χ3n) is 2.96. The lowest BCUT2D eigenvalue weighted by Gasteiger charge is -2.16. The van der Waals surface area contributed by atoms with Gasteiger partial charge < -0.3 is 0 Å². The van der Waals surface area contributed by atoms with Gasteiger partial charge in [-0.05, 0) is 19.1 Å². The molecule has 0 spiro atoms. The molecule has 1 aliphatic rings. The van der Waals surface area contributed by atoms with E-state index in [4.69, 9.17) is 16.7 Å². The Bertz CT molecular complexity index is 618. The lowest BCUT2D eigenvalue weighted by molar-refractivity contribution is -0.117. The summed E-state index contributed by atoms with van der Waals surface area (Å²) in [5.41, 5.74) is 0.627. The number of aryl methyl sites for hydroxylation is 1. The highest BCUT2D eigenvalue weighted by atomic mass is 35.5. The zero-order chi connectivity index (χ0) is 14.2.